The number of hydrogen-bond acceptors (Lipinski definition) is 6. The lowest BCUT2D eigenvalue weighted by Crippen LogP contribution is -2.31. The second-order valence-electron chi connectivity index (χ2n) is 8.10. The van der Waals surface area contributed by atoms with Gasteiger partial charge in [-0.15, -0.1) is 0 Å². The summed E-state index contributed by atoms with van der Waals surface area (Å²) < 4.78 is 59.9. The van der Waals surface area contributed by atoms with Crippen molar-refractivity contribution in [3.05, 3.63) is 54.1 Å². The lowest BCUT2D eigenvalue weighted by atomic mass is 10.2. The van der Waals surface area contributed by atoms with E-state index in [0.717, 1.165) is 25.7 Å². The fourth-order valence-electron chi connectivity index (χ4n) is 3.89. The summed E-state index contributed by atoms with van der Waals surface area (Å²) in [5.74, 6) is -0.486. The summed E-state index contributed by atoms with van der Waals surface area (Å²) in [7, 11) is -7.32. The maximum atomic E-state index is 12.8. The zero-order chi connectivity index (χ0) is 23.5. The number of carbonyl (C=O) groups excluding carboxylic acids is 1. The lowest BCUT2D eigenvalue weighted by molar-refractivity contribution is 0.102. The SMILES string of the molecule is O=C(Nc1ccc(S(=O)(=O)NCC2CCCO2)cc1)c1cccc(S(=O)(=O)N2CCCC2)c1. The van der Waals surface area contributed by atoms with Gasteiger partial charge in [0.05, 0.1) is 15.9 Å². The standard InChI is InChI=1S/C22H27N3O6S2/c26-22(17-5-3-7-21(15-17)33(29,30)25-12-1-2-13-25)24-18-8-10-20(11-9-18)32(27,28)23-16-19-6-4-14-31-19/h3,5,7-11,15,19,23H,1-2,4,6,12-14,16H2,(H,24,26). The van der Waals surface area contributed by atoms with E-state index in [9.17, 15) is 21.6 Å². The molecule has 2 N–H and O–H groups in total. The first-order valence-corrected chi connectivity index (χ1v) is 13.8. The Balaban J connectivity index is 1.41. The van der Waals surface area contributed by atoms with Crippen LogP contribution in [-0.2, 0) is 24.8 Å². The van der Waals surface area contributed by atoms with Gasteiger partial charge < -0.3 is 10.1 Å². The van der Waals surface area contributed by atoms with Crippen molar-refractivity contribution in [2.45, 2.75) is 41.6 Å². The molecule has 2 aromatic rings. The van der Waals surface area contributed by atoms with Gasteiger partial charge in [0.2, 0.25) is 20.0 Å². The van der Waals surface area contributed by atoms with Crippen LogP contribution in [0.4, 0.5) is 5.69 Å². The highest BCUT2D eigenvalue weighted by Crippen LogP contribution is 2.22. The third kappa shape index (κ3) is 5.61. The number of nitrogens with zero attached hydrogens (tertiary/aromatic N) is 1. The molecule has 4 rings (SSSR count). The van der Waals surface area contributed by atoms with Crippen LogP contribution < -0.4 is 10.0 Å². The van der Waals surface area contributed by atoms with Gasteiger partial charge in [-0.3, -0.25) is 4.79 Å². The number of anilines is 1. The number of ether oxygens (including phenoxy) is 1. The van der Waals surface area contributed by atoms with Gasteiger partial charge in [0, 0.05) is 37.5 Å². The number of carbonyl (C=O) groups is 1. The summed E-state index contributed by atoms with van der Waals surface area (Å²) in [6.45, 7) is 1.83. The van der Waals surface area contributed by atoms with Crippen molar-refractivity contribution < 1.29 is 26.4 Å². The van der Waals surface area contributed by atoms with Gasteiger partial charge in [0.15, 0.2) is 0 Å². The van der Waals surface area contributed by atoms with Crippen molar-refractivity contribution in [3.8, 4) is 0 Å². The second-order valence-corrected chi connectivity index (χ2v) is 11.8. The van der Waals surface area contributed by atoms with Crippen molar-refractivity contribution in [1.82, 2.24) is 9.03 Å². The van der Waals surface area contributed by atoms with E-state index < -0.39 is 26.0 Å². The van der Waals surface area contributed by atoms with Gasteiger partial charge in [0.25, 0.3) is 5.91 Å². The van der Waals surface area contributed by atoms with E-state index >= 15 is 0 Å². The molecule has 11 heteroatoms. The minimum absolute atomic E-state index is 0.0795. The molecule has 1 unspecified atom stereocenters. The molecule has 2 saturated heterocycles. The van der Waals surface area contributed by atoms with Crippen LogP contribution >= 0.6 is 0 Å². The molecule has 2 heterocycles. The smallest absolute Gasteiger partial charge is 0.255 e. The van der Waals surface area contributed by atoms with Crippen molar-refractivity contribution in [1.29, 1.82) is 0 Å². The number of amides is 1. The average molecular weight is 494 g/mol. The van der Waals surface area contributed by atoms with Gasteiger partial charge >= 0.3 is 0 Å². The maximum Gasteiger partial charge on any atom is 0.255 e. The van der Waals surface area contributed by atoms with Gasteiger partial charge in [-0.25, -0.2) is 21.6 Å². The fraction of sp³-hybridized carbons (Fsp3) is 0.409. The first-order valence-electron chi connectivity index (χ1n) is 10.9. The topological polar surface area (TPSA) is 122 Å². The number of sulfonamides is 2. The Bertz CT molecular complexity index is 1200. The van der Waals surface area contributed by atoms with Gasteiger partial charge in [-0.1, -0.05) is 6.07 Å². The molecule has 0 bridgehead atoms. The first-order chi connectivity index (χ1) is 15.8. The highest BCUT2D eigenvalue weighted by Gasteiger charge is 2.27. The predicted molar refractivity (Wildman–Crippen MR) is 123 cm³/mol. The van der Waals surface area contributed by atoms with E-state index in [0.29, 0.717) is 25.4 Å². The minimum atomic E-state index is -3.69. The van der Waals surface area contributed by atoms with Crippen LogP contribution in [0.25, 0.3) is 0 Å². The van der Waals surface area contributed by atoms with Crippen LogP contribution in [0.5, 0.6) is 0 Å². The molecule has 0 spiro atoms. The summed E-state index contributed by atoms with van der Waals surface area (Å²) in [4.78, 5) is 12.8. The predicted octanol–water partition coefficient (Wildman–Crippen LogP) is 2.18. The maximum absolute atomic E-state index is 12.8. The Hall–Kier alpha value is -2.31. The minimum Gasteiger partial charge on any atom is -0.377 e. The summed E-state index contributed by atoms with van der Waals surface area (Å²) in [5, 5.41) is 2.68. The molecule has 1 atom stereocenters. The molecule has 9 nitrogen and oxygen atoms in total. The lowest BCUT2D eigenvalue weighted by Gasteiger charge is -2.16. The zero-order valence-corrected chi connectivity index (χ0v) is 19.7. The fourth-order valence-corrected chi connectivity index (χ4v) is 6.52. The van der Waals surface area contributed by atoms with Crippen molar-refractivity contribution in [3.63, 3.8) is 0 Å². The highest BCUT2D eigenvalue weighted by atomic mass is 32.2. The second kappa shape index (κ2) is 9.90. The molecular weight excluding hydrogens is 466 g/mol. The highest BCUT2D eigenvalue weighted by molar-refractivity contribution is 7.89. The summed E-state index contributed by atoms with van der Waals surface area (Å²) in [6.07, 6.45) is 3.30. The van der Waals surface area contributed by atoms with E-state index in [1.54, 1.807) is 0 Å². The number of rotatable bonds is 8. The Morgan fingerprint density at radius 2 is 1.70 bits per heavy atom. The van der Waals surface area contributed by atoms with Crippen molar-refractivity contribution in [2.75, 3.05) is 31.6 Å². The Kier molecular flexibility index (Phi) is 7.15. The molecule has 2 aromatic carbocycles. The van der Waals surface area contributed by atoms with Gasteiger partial charge in [-0.05, 0) is 68.1 Å². The Labute approximate surface area is 194 Å². The van der Waals surface area contributed by atoms with Gasteiger partial charge in [-0.2, -0.15) is 4.31 Å². The van der Waals surface area contributed by atoms with Crippen molar-refractivity contribution >= 4 is 31.6 Å². The number of nitrogens with one attached hydrogen (secondary N) is 2. The van der Waals surface area contributed by atoms with Crippen LogP contribution in [0.15, 0.2) is 58.3 Å². The van der Waals surface area contributed by atoms with Gasteiger partial charge in [0.1, 0.15) is 0 Å². The first kappa shape index (κ1) is 23.8. The molecule has 0 saturated carbocycles. The van der Waals surface area contributed by atoms with Crippen LogP contribution in [0.2, 0.25) is 0 Å². The van der Waals surface area contributed by atoms with E-state index in [1.807, 2.05) is 0 Å². The third-order valence-corrected chi connectivity index (χ3v) is 9.08. The van der Waals surface area contributed by atoms with Crippen LogP contribution in [0.1, 0.15) is 36.0 Å². The summed E-state index contributed by atoms with van der Waals surface area (Å²) in [6, 6.07) is 11.7. The monoisotopic (exact) mass is 493 g/mol. The summed E-state index contributed by atoms with van der Waals surface area (Å²) in [5.41, 5.74) is 0.594. The molecule has 2 fully saturated rings. The molecule has 0 aliphatic carbocycles. The normalized spacial score (nSPS) is 19.6. The number of benzene rings is 2. The average Bonchev–Trinajstić information content (AvgIpc) is 3.53. The zero-order valence-electron chi connectivity index (χ0n) is 18.1. The molecule has 178 valence electrons. The third-order valence-electron chi connectivity index (χ3n) is 5.75. The Morgan fingerprint density at radius 3 is 2.36 bits per heavy atom. The Morgan fingerprint density at radius 1 is 0.970 bits per heavy atom. The molecule has 0 aromatic heterocycles. The largest absolute Gasteiger partial charge is 0.377 e. The van der Waals surface area contributed by atoms with Crippen LogP contribution in [-0.4, -0.2) is 59.4 Å². The van der Waals surface area contributed by atoms with Crippen LogP contribution in [0.3, 0.4) is 0 Å². The van der Waals surface area contributed by atoms with E-state index in [1.165, 1.54) is 52.8 Å². The quantitative estimate of drug-likeness (QED) is 0.581. The van der Waals surface area contributed by atoms with Crippen molar-refractivity contribution in [2.24, 2.45) is 0 Å². The van der Waals surface area contributed by atoms with E-state index in [2.05, 4.69) is 10.0 Å². The van der Waals surface area contributed by atoms with E-state index in [-0.39, 0.29) is 28.0 Å². The van der Waals surface area contributed by atoms with Crippen LogP contribution in [0, 0.1) is 0 Å². The molecule has 0 radical (unpaired) electrons. The molecule has 33 heavy (non-hydrogen) atoms. The molecule has 2 aliphatic heterocycles. The number of hydrogen-bond donors (Lipinski definition) is 2. The molecule has 1 amide bonds. The summed E-state index contributed by atoms with van der Waals surface area (Å²) >= 11 is 0. The molecular formula is C22H27N3O6S2. The molecule has 2 aliphatic rings. The van der Waals surface area contributed by atoms with E-state index in [4.69, 9.17) is 4.74 Å².